The number of benzene rings is 1. The van der Waals surface area contributed by atoms with Gasteiger partial charge in [-0.3, -0.25) is 0 Å². The molecule has 1 heterocycles. The van der Waals surface area contributed by atoms with Crippen LogP contribution in [-0.2, 0) is 9.84 Å². The Morgan fingerprint density at radius 2 is 1.93 bits per heavy atom. The van der Waals surface area contributed by atoms with Gasteiger partial charge in [0.15, 0.2) is 9.84 Å². The van der Waals surface area contributed by atoms with Crippen molar-refractivity contribution in [3.05, 3.63) is 29.8 Å². The lowest BCUT2D eigenvalue weighted by molar-refractivity contribution is 0.474. The zero-order chi connectivity index (χ0) is 10.9. The van der Waals surface area contributed by atoms with Crippen LogP contribution in [0.25, 0.3) is 0 Å². The summed E-state index contributed by atoms with van der Waals surface area (Å²) in [5, 5.41) is 12.3. The first-order valence-corrected chi connectivity index (χ1v) is 6.62. The van der Waals surface area contributed by atoms with Crippen LogP contribution >= 0.6 is 0 Å². The van der Waals surface area contributed by atoms with Crippen LogP contribution < -0.4 is 5.32 Å². The molecule has 0 amide bonds. The van der Waals surface area contributed by atoms with E-state index < -0.39 is 9.84 Å². The zero-order valence-corrected chi connectivity index (χ0v) is 9.00. The van der Waals surface area contributed by atoms with Crippen LogP contribution in [0.5, 0.6) is 5.75 Å². The third kappa shape index (κ3) is 2.49. The fourth-order valence-corrected chi connectivity index (χ4v) is 3.12. The van der Waals surface area contributed by atoms with Crippen LogP contribution in [0.4, 0.5) is 0 Å². The second-order valence-corrected chi connectivity index (χ2v) is 5.94. The van der Waals surface area contributed by atoms with E-state index in [1.54, 1.807) is 24.3 Å². The molecule has 15 heavy (non-hydrogen) atoms. The maximum Gasteiger partial charge on any atom is 0.153 e. The van der Waals surface area contributed by atoms with Gasteiger partial charge in [0.05, 0.1) is 11.5 Å². The number of phenols is 1. The normalized spacial score (nSPS) is 24.9. The molecule has 1 aliphatic rings. The molecule has 1 atom stereocenters. The molecule has 0 aliphatic carbocycles. The van der Waals surface area contributed by atoms with E-state index in [-0.39, 0.29) is 23.3 Å². The predicted molar refractivity (Wildman–Crippen MR) is 57.5 cm³/mol. The van der Waals surface area contributed by atoms with Crippen molar-refractivity contribution in [3.63, 3.8) is 0 Å². The molecule has 1 fully saturated rings. The summed E-state index contributed by atoms with van der Waals surface area (Å²) in [5.41, 5.74) is 0.899. The Hall–Kier alpha value is -1.07. The van der Waals surface area contributed by atoms with Crippen LogP contribution in [0.2, 0.25) is 0 Å². The monoisotopic (exact) mass is 227 g/mol. The van der Waals surface area contributed by atoms with E-state index in [0.29, 0.717) is 6.54 Å². The van der Waals surface area contributed by atoms with Crippen molar-refractivity contribution in [1.82, 2.24) is 5.32 Å². The van der Waals surface area contributed by atoms with Crippen LogP contribution in [0.1, 0.15) is 11.6 Å². The number of rotatable bonds is 1. The Morgan fingerprint density at radius 3 is 2.53 bits per heavy atom. The molecule has 2 rings (SSSR count). The minimum atomic E-state index is -2.92. The number of hydrogen-bond donors (Lipinski definition) is 2. The molecule has 82 valence electrons. The highest BCUT2D eigenvalue weighted by Gasteiger charge is 2.25. The van der Waals surface area contributed by atoms with Crippen LogP contribution in [0.15, 0.2) is 24.3 Å². The van der Waals surface area contributed by atoms with Crippen molar-refractivity contribution in [2.24, 2.45) is 0 Å². The molecule has 4 nitrogen and oxygen atoms in total. The van der Waals surface area contributed by atoms with Gasteiger partial charge in [0.2, 0.25) is 0 Å². The van der Waals surface area contributed by atoms with Crippen LogP contribution in [0, 0.1) is 0 Å². The van der Waals surface area contributed by atoms with Crippen molar-refractivity contribution in [2.75, 3.05) is 18.1 Å². The average molecular weight is 227 g/mol. The Kier molecular flexibility index (Phi) is 2.67. The highest BCUT2D eigenvalue weighted by molar-refractivity contribution is 7.91. The van der Waals surface area contributed by atoms with E-state index in [1.165, 1.54) is 0 Å². The van der Waals surface area contributed by atoms with Gasteiger partial charge in [-0.2, -0.15) is 0 Å². The molecule has 0 radical (unpaired) electrons. The van der Waals surface area contributed by atoms with Gasteiger partial charge in [-0.25, -0.2) is 8.42 Å². The summed E-state index contributed by atoms with van der Waals surface area (Å²) in [5.74, 6) is 0.539. The molecular formula is C10H13NO3S. The summed E-state index contributed by atoms with van der Waals surface area (Å²) in [4.78, 5) is 0. The fraction of sp³-hybridized carbons (Fsp3) is 0.400. The largest absolute Gasteiger partial charge is 0.508 e. The molecule has 1 aromatic carbocycles. The highest BCUT2D eigenvalue weighted by atomic mass is 32.2. The second kappa shape index (κ2) is 3.83. The standard InChI is InChI=1S/C10H13NO3S/c12-9-3-1-8(2-4-9)10-7-15(13,14)6-5-11-10/h1-4,10-12H,5-7H2. The number of nitrogens with one attached hydrogen (secondary N) is 1. The number of aromatic hydroxyl groups is 1. The summed E-state index contributed by atoms with van der Waals surface area (Å²) >= 11 is 0. The van der Waals surface area contributed by atoms with E-state index in [2.05, 4.69) is 5.32 Å². The predicted octanol–water partition coefficient (Wildman–Crippen LogP) is 0.451. The molecular weight excluding hydrogens is 214 g/mol. The van der Waals surface area contributed by atoms with Crippen LogP contribution in [-0.4, -0.2) is 31.6 Å². The second-order valence-electron chi connectivity index (χ2n) is 3.71. The molecule has 1 saturated heterocycles. The lowest BCUT2D eigenvalue weighted by Gasteiger charge is -2.23. The van der Waals surface area contributed by atoms with Gasteiger partial charge >= 0.3 is 0 Å². The Bertz CT molecular complexity index is 438. The summed E-state index contributed by atoms with van der Waals surface area (Å²) < 4.78 is 22.8. The first-order valence-electron chi connectivity index (χ1n) is 4.79. The smallest absolute Gasteiger partial charge is 0.153 e. The lowest BCUT2D eigenvalue weighted by Crippen LogP contribution is -2.39. The number of phenolic OH excluding ortho intramolecular Hbond substituents is 1. The highest BCUT2D eigenvalue weighted by Crippen LogP contribution is 2.20. The summed E-state index contributed by atoms with van der Waals surface area (Å²) in [6.45, 7) is 0.494. The van der Waals surface area contributed by atoms with E-state index in [4.69, 9.17) is 5.11 Å². The fourth-order valence-electron chi connectivity index (χ4n) is 1.71. The number of sulfone groups is 1. The number of hydrogen-bond acceptors (Lipinski definition) is 4. The Labute approximate surface area is 88.9 Å². The van der Waals surface area contributed by atoms with Crippen molar-refractivity contribution in [3.8, 4) is 5.75 Å². The van der Waals surface area contributed by atoms with Gasteiger partial charge in [0, 0.05) is 12.6 Å². The van der Waals surface area contributed by atoms with Crippen LogP contribution in [0.3, 0.4) is 0 Å². The third-order valence-corrected chi connectivity index (χ3v) is 4.19. The Morgan fingerprint density at radius 1 is 1.27 bits per heavy atom. The van der Waals surface area contributed by atoms with E-state index in [0.717, 1.165) is 5.56 Å². The van der Waals surface area contributed by atoms with Gasteiger partial charge in [0.1, 0.15) is 5.75 Å². The molecule has 0 spiro atoms. The quantitative estimate of drug-likeness (QED) is 0.731. The van der Waals surface area contributed by atoms with Gasteiger partial charge in [0.25, 0.3) is 0 Å². The van der Waals surface area contributed by atoms with Gasteiger partial charge in [-0.15, -0.1) is 0 Å². The average Bonchev–Trinajstić information content (AvgIpc) is 2.17. The maximum absolute atomic E-state index is 11.4. The van der Waals surface area contributed by atoms with E-state index >= 15 is 0 Å². The Balaban J connectivity index is 2.21. The SMILES string of the molecule is O=S1(=O)CCNC(c2ccc(O)cc2)C1. The van der Waals surface area contributed by atoms with E-state index in [9.17, 15) is 8.42 Å². The summed E-state index contributed by atoms with van der Waals surface area (Å²) in [6, 6.07) is 6.47. The molecule has 1 aromatic rings. The minimum Gasteiger partial charge on any atom is -0.508 e. The topological polar surface area (TPSA) is 66.4 Å². The van der Waals surface area contributed by atoms with Gasteiger partial charge in [-0.05, 0) is 17.7 Å². The lowest BCUT2D eigenvalue weighted by atomic mass is 10.1. The molecule has 0 bridgehead atoms. The molecule has 1 unspecified atom stereocenters. The first-order chi connectivity index (χ1) is 7.07. The summed E-state index contributed by atoms with van der Waals surface area (Å²) in [6.07, 6.45) is 0. The van der Waals surface area contributed by atoms with Gasteiger partial charge < -0.3 is 10.4 Å². The van der Waals surface area contributed by atoms with Crippen molar-refractivity contribution >= 4 is 9.84 Å². The molecule has 0 aromatic heterocycles. The molecule has 0 saturated carbocycles. The first kappa shape index (κ1) is 10.4. The molecule has 5 heteroatoms. The molecule has 1 aliphatic heterocycles. The maximum atomic E-state index is 11.4. The minimum absolute atomic E-state index is 0.137. The molecule has 2 N–H and O–H groups in total. The van der Waals surface area contributed by atoms with E-state index in [1.807, 2.05) is 0 Å². The van der Waals surface area contributed by atoms with Crippen molar-refractivity contribution < 1.29 is 13.5 Å². The van der Waals surface area contributed by atoms with Crippen molar-refractivity contribution in [2.45, 2.75) is 6.04 Å². The van der Waals surface area contributed by atoms with Crippen molar-refractivity contribution in [1.29, 1.82) is 0 Å². The summed E-state index contributed by atoms with van der Waals surface area (Å²) in [7, 11) is -2.92. The van der Waals surface area contributed by atoms with Gasteiger partial charge in [-0.1, -0.05) is 12.1 Å². The third-order valence-electron chi connectivity index (χ3n) is 2.52. The zero-order valence-electron chi connectivity index (χ0n) is 8.18.